The van der Waals surface area contributed by atoms with E-state index < -0.39 is 6.10 Å². The number of carbonyl (C=O) groups excluding carboxylic acids is 2. The Hall–Kier alpha value is -1.45. The molecule has 1 aliphatic heterocycles. The number of nitrogens with zero attached hydrogens (tertiary/aromatic N) is 1. The summed E-state index contributed by atoms with van der Waals surface area (Å²) in [4.78, 5) is 25.0. The molecule has 0 radical (unpaired) electrons. The van der Waals surface area contributed by atoms with Crippen LogP contribution in [0, 0.1) is 17.8 Å². The second kappa shape index (κ2) is 12.8. The maximum Gasteiger partial charge on any atom is 0.305 e. The molecule has 0 saturated carbocycles. The molecule has 0 spiro atoms. The molecular weight excluding hydrogens is 350 g/mol. The highest BCUT2D eigenvalue weighted by Crippen LogP contribution is 2.21. The van der Waals surface area contributed by atoms with Gasteiger partial charge in [-0.1, -0.05) is 19.1 Å². The lowest BCUT2D eigenvalue weighted by atomic mass is 10.00. The van der Waals surface area contributed by atoms with Gasteiger partial charge in [-0.25, -0.2) is 0 Å². The quantitative estimate of drug-likeness (QED) is 0.258. The summed E-state index contributed by atoms with van der Waals surface area (Å²) in [6.07, 6.45) is 6.50. The van der Waals surface area contributed by atoms with E-state index in [1.165, 1.54) is 7.11 Å². The van der Waals surface area contributed by atoms with Crippen LogP contribution in [0.5, 0.6) is 0 Å². The summed E-state index contributed by atoms with van der Waals surface area (Å²) in [6, 6.07) is 0.0669. The van der Waals surface area contributed by atoms with Crippen molar-refractivity contribution >= 4 is 23.6 Å². The number of ether oxygens (including phenoxy) is 1. The minimum Gasteiger partial charge on any atom is -0.469 e. The largest absolute Gasteiger partial charge is 0.469 e. The van der Waals surface area contributed by atoms with Gasteiger partial charge in [0.25, 0.3) is 0 Å². The average molecular weight is 382 g/mol. The van der Waals surface area contributed by atoms with Crippen LogP contribution in [0.25, 0.3) is 0 Å². The fourth-order valence-corrected chi connectivity index (χ4v) is 3.63. The molecule has 1 amide bonds. The zero-order chi connectivity index (χ0) is 19.4. The fourth-order valence-electron chi connectivity index (χ4n) is 2.75. The number of aliphatic hydroxyl groups is 1. The van der Waals surface area contributed by atoms with Crippen LogP contribution in [0.3, 0.4) is 0 Å². The Balaban J connectivity index is 2.36. The third kappa shape index (κ3) is 8.29. The lowest BCUT2D eigenvalue weighted by Gasteiger charge is -2.23. The third-order valence-corrected chi connectivity index (χ3v) is 5.51. The molecule has 26 heavy (non-hydrogen) atoms. The number of carbonyl (C=O) groups is 2. The van der Waals surface area contributed by atoms with Crippen LogP contribution in [-0.2, 0) is 14.3 Å². The minimum absolute atomic E-state index is 0.0669. The molecule has 1 fully saturated rings. The molecule has 0 aliphatic carbocycles. The summed E-state index contributed by atoms with van der Waals surface area (Å²) in [6.45, 7) is 4.47. The van der Waals surface area contributed by atoms with Crippen LogP contribution in [0.15, 0.2) is 12.2 Å². The molecule has 146 valence electrons. The van der Waals surface area contributed by atoms with Crippen molar-refractivity contribution in [2.75, 3.05) is 25.2 Å². The first kappa shape index (κ1) is 22.6. The van der Waals surface area contributed by atoms with Crippen LogP contribution in [-0.4, -0.2) is 59.2 Å². The summed E-state index contributed by atoms with van der Waals surface area (Å²) in [7, 11) is 1.40. The molecule has 5 nitrogen and oxygen atoms in total. The topological polar surface area (TPSA) is 66.8 Å². The van der Waals surface area contributed by atoms with Gasteiger partial charge in [-0.15, -0.1) is 11.8 Å². The molecule has 6 heteroatoms. The van der Waals surface area contributed by atoms with E-state index in [1.807, 2.05) is 24.0 Å². The number of amides is 1. The first-order valence-corrected chi connectivity index (χ1v) is 10.3. The Morgan fingerprint density at radius 3 is 2.96 bits per heavy atom. The monoisotopic (exact) mass is 381 g/mol. The molecule has 1 rings (SSSR count). The Labute approximate surface area is 161 Å². The van der Waals surface area contributed by atoms with Crippen molar-refractivity contribution in [3.8, 4) is 11.8 Å². The molecular formula is C20H31NO4S. The van der Waals surface area contributed by atoms with Crippen LogP contribution in [0.1, 0.15) is 46.0 Å². The number of likely N-dealkylation sites (tertiary alicyclic amines) is 1. The van der Waals surface area contributed by atoms with Crippen LogP contribution >= 0.6 is 11.8 Å². The number of hydrogen-bond donors (Lipinski definition) is 1. The molecule has 1 aliphatic rings. The lowest BCUT2D eigenvalue weighted by Crippen LogP contribution is -2.34. The Morgan fingerprint density at radius 1 is 1.50 bits per heavy atom. The molecule has 0 aromatic heterocycles. The number of thioether (sulfide) groups is 1. The van der Waals surface area contributed by atoms with Gasteiger partial charge in [-0.2, -0.15) is 11.8 Å². The van der Waals surface area contributed by atoms with Crippen molar-refractivity contribution in [3.05, 3.63) is 12.2 Å². The molecule has 3 atom stereocenters. The predicted molar refractivity (Wildman–Crippen MR) is 106 cm³/mol. The smallest absolute Gasteiger partial charge is 0.305 e. The van der Waals surface area contributed by atoms with E-state index in [1.54, 1.807) is 18.7 Å². The van der Waals surface area contributed by atoms with Crippen molar-refractivity contribution < 1.29 is 19.4 Å². The zero-order valence-electron chi connectivity index (χ0n) is 16.1. The van der Waals surface area contributed by atoms with Gasteiger partial charge in [0.15, 0.2) is 0 Å². The molecule has 1 N–H and O–H groups in total. The highest BCUT2D eigenvalue weighted by Gasteiger charge is 2.28. The first-order valence-electron chi connectivity index (χ1n) is 9.19. The summed E-state index contributed by atoms with van der Waals surface area (Å²) >= 11 is 1.74. The van der Waals surface area contributed by atoms with Crippen LogP contribution < -0.4 is 0 Å². The van der Waals surface area contributed by atoms with E-state index >= 15 is 0 Å². The minimum atomic E-state index is -0.541. The van der Waals surface area contributed by atoms with Crippen LogP contribution in [0.2, 0.25) is 0 Å². The maximum absolute atomic E-state index is 12.1. The van der Waals surface area contributed by atoms with Gasteiger partial charge in [0.1, 0.15) is 0 Å². The number of esters is 1. The first-order chi connectivity index (χ1) is 12.5. The van der Waals surface area contributed by atoms with E-state index in [2.05, 4.69) is 16.6 Å². The zero-order valence-corrected chi connectivity index (χ0v) is 16.9. The maximum atomic E-state index is 12.1. The molecule has 1 saturated heterocycles. The van der Waals surface area contributed by atoms with E-state index in [-0.39, 0.29) is 23.8 Å². The number of rotatable bonds is 11. The number of aliphatic hydroxyl groups excluding tert-OH is 1. The van der Waals surface area contributed by atoms with Gasteiger partial charge in [-0.05, 0) is 31.4 Å². The van der Waals surface area contributed by atoms with Gasteiger partial charge in [0, 0.05) is 31.6 Å². The van der Waals surface area contributed by atoms with E-state index in [9.17, 15) is 14.7 Å². The molecule has 0 unspecified atom stereocenters. The SMILES string of the molecule is CC#CC[C@H](C)[C@@H](O)C=C[C@H]1CCC(=O)N1CCSCCCC(=O)OC. The highest BCUT2D eigenvalue weighted by atomic mass is 32.2. The van der Waals surface area contributed by atoms with Gasteiger partial charge in [-0.3, -0.25) is 9.59 Å². The third-order valence-electron chi connectivity index (χ3n) is 4.46. The van der Waals surface area contributed by atoms with Gasteiger partial charge >= 0.3 is 5.97 Å². The fraction of sp³-hybridized carbons (Fsp3) is 0.700. The summed E-state index contributed by atoms with van der Waals surface area (Å²) in [5, 5.41) is 10.2. The lowest BCUT2D eigenvalue weighted by molar-refractivity contribution is -0.140. The molecule has 0 aromatic rings. The van der Waals surface area contributed by atoms with Crippen molar-refractivity contribution in [1.82, 2.24) is 4.90 Å². The van der Waals surface area contributed by atoms with Crippen molar-refractivity contribution in [1.29, 1.82) is 0 Å². The summed E-state index contributed by atoms with van der Waals surface area (Å²) < 4.78 is 4.61. The predicted octanol–water partition coefficient (Wildman–Crippen LogP) is 2.63. The molecule has 0 aromatic carbocycles. The van der Waals surface area contributed by atoms with Gasteiger partial charge < -0.3 is 14.7 Å². The summed E-state index contributed by atoms with van der Waals surface area (Å²) in [5.74, 6) is 7.64. The average Bonchev–Trinajstić information content (AvgIpc) is 2.99. The Kier molecular flexibility index (Phi) is 11.1. The Bertz CT molecular complexity index is 538. The molecule has 1 heterocycles. The normalized spacial score (nSPS) is 19.3. The summed E-state index contributed by atoms with van der Waals surface area (Å²) in [5.41, 5.74) is 0. The van der Waals surface area contributed by atoms with Crippen molar-refractivity contribution in [2.45, 2.75) is 58.1 Å². The van der Waals surface area contributed by atoms with Crippen molar-refractivity contribution in [3.63, 3.8) is 0 Å². The second-order valence-electron chi connectivity index (χ2n) is 6.47. The van der Waals surface area contributed by atoms with Crippen molar-refractivity contribution in [2.24, 2.45) is 5.92 Å². The van der Waals surface area contributed by atoms with E-state index in [0.29, 0.717) is 25.8 Å². The molecule has 0 bridgehead atoms. The van der Waals surface area contributed by atoms with Gasteiger partial charge in [0.2, 0.25) is 5.91 Å². The second-order valence-corrected chi connectivity index (χ2v) is 7.69. The van der Waals surface area contributed by atoms with E-state index in [0.717, 1.165) is 24.3 Å². The van der Waals surface area contributed by atoms with Crippen LogP contribution in [0.4, 0.5) is 0 Å². The number of hydrogen-bond acceptors (Lipinski definition) is 5. The van der Waals surface area contributed by atoms with E-state index in [4.69, 9.17) is 0 Å². The van der Waals surface area contributed by atoms with Gasteiger partial charge in [0.05, 0.1) is 19.3 Å². The highest BCUT2D eigenvalue weighted by molar-refractivity contribution is 7.99. The number of methoxy groups -OCH3 is 1. The standard InChI is InChI=1S/C20H31NO4S/c1-4-5-7-16(2)18(22)11-9-17-10-12-19(23)21(17)13-15-26-14-6-8-20(24)25-3/h9,11,16-18,22H,6-8,10,12-15H2,1-3H3/t16-,17-,18-/m0/s1. The Morgan fingerprint density at radius 2 is 2.27 bits per heavy atom.